The quantitative estimate of drug-likeness (QED) is 0.615. The molecule has 132 valence electrons. The van der Waals surface area contributed by atoms with Crippen molar-refractivity contribution in [1.29, 1.82) is 0 Å². The molecular weight excluding hydrogens is 314 g/mol. The molecule has 0 amide bonds. The van der Waals surface area contributed by atoms with Gasteiger partial charge in [-0.1, -0.05) is 39.4 Å². The molecule has 0 bridgehead atoms. The average molecular weight is 350 g/mol. The predicted octanol–water partition coefficient (Wildman–Crippen LogP) is 3.45. The van der Waals surface area contributed by atoms with Crippen molar-refractivity contribution < 1.29 is 13.5 Å². The van der Waals surface area contributed by atoms with E-state index in [1.165, 1.54) is 0 Å². The number of hydrogen-bond donors (Lipinski definition) is 1. The van der Waals surface area contributed by atoms with Crippen LogP contribution in [0.4, 0.5) is 0 Å². The summed E-state index contributed by atoms with van der Waals surface area (Å²) in [6.45, 7) is 8.99. The summed E-state index contributed by atoms with van der Waals surface area (Å²) in [5.74, 6) is 0.307. The summed E-state index contributed by atoms with van der Waals surface area (Å²) < 4.78 is 27.7. The molecule has 1 saturated heterocycles. The zero-order chi connectivity index (χ0) is 16.8. The van der Waals surface area contributed by atoms with Crippen molar-refractivity contribution in [3.8, 4) is 0 Å². The second kappa shape index (κ2) is 8.80. The van der Waals surface area contributed by atoms with Crippen molar-refractivity contribution in [3.05, 3.63) is 0 Å². The van der Waals surface area contributed by atoms with E-state index in [1.807, 2.05) is 4.31 Å². The van der Waals surface area contributed by atoms with Crippen molar-refractivity contribution in [3.63, 3.8) is 0 Å². The topological polar surface area (TPSA) is 57.6 Å². The number of hydrogen-bond acceptors (Lipinski definition) is 3. The first-order chi connectivity index (χ1) is 10.2. The van der Waals surface area contributed by atoms with Crippen LogP contribution in [0.5, 0.6) is 0 Å². The first-order valence-corrected chi connectivity index (χ1v) is 14.1. The lowest BCUT2D eigenvalue weighted by molar-refractivity contribution is 0.248. The van der Waals surface area contributed by atoms with Crippen LogP contribution < -0.4 is 0 Å². The van der Waals surface area contributed by atoms with Crippen LogP contribution in [-0.2, 0) is 10.0 Å². The van der Waals surface area contributed by atoms with Gasteiger partial charge < -0.3 is 5.11 Å². The third-order valence-corrected chi connectivity index (χ3v) is 8.64. The van der Waals surface area contributed by atoms with E-state index in [0.717, 1.165) is 44.6 Å². The number of nitrogens with zero attached hydrogens (tertiary/aromatic N) is 1. The largest absolute Gasteiger partial charge is 0.396 e. The van der Waals surface area contributed by atoms with Gasteiger partial charge in [-0.3, -0.25) is 0 Å². The van der Waals surface area contributed by atoms with Gasteiger partial charge in [-0.25, -0.2) is 8.42 Å². The number of aliphatic hydroxyl groups excluding tert-OH is 1. The van der Waals surface area contributed by atoms with Crippen LogP contribution in [0, 0.1) is 0 Å². The second-order valence-corrected chi connectivity index (χ2v) is 15.5. The maximum absolute atomic E-state index is 12.9. The highest BCUT2D eigenvalue weighted by molar-refractivity contribution is 7.89. The summed E-state index contributed by atoms with van der Waals surface area (Å²) in [4.78, 5) is 0. The van der Waals surface area contributed by atoms with Gasteiger partial charge >= 0.3 is 0 Å². The van der Waals surface area contributed by atoms with E-state index in [1.54, 1.807) is 0 Å². The Hall–Kier alpha value is 0.0869. The van der Waals surface area contributed by atoms with Gasteiger partial charge in [0.2, 0.25) is 10.0 Å². The van der Waals surface area contributed by atoms with Crippen LogP contribution in [0.15, 0.2) is 0 Å². The van der Waals surface area contributed by atoms with E-state index >= 15 is 0 Å². The SMILES string of the molecule is CCCC[C@@H]1CCC(CCCO)N1S(=O)(=O)CC[Si](C)(C)C. The minimum Gasteiger partial charge on any atom is -0.396 e. The summed E-state index contributed by atoms with van der Waals surface area (Å²) in [7, 11) is -4.52. The lowest BCUT2D eigenvalue weighted by Crippen LogP contribution is -2.43. The minimum atomic E-state index is -3.17. The molecule has 0 aromatic heterocycles. The van der Waals surface area contributed by atoms with Gasteiger partial charge in [-0.05, 0) is 38.1 Å². The molecule has 1 heterocycles. The molecule has 6 heteroatoms. The van der Waals surface area contributed by atoms with Crippen molar-refractivity contribution in [2.24, 2.45) is 0 Å². The van der Waals surface area contributed by atoms with Crippen molar-refractivity contribution in [2.45, 2.75) is 89.6 Å². The predicted molar refractivity (Wildman–Crippen MR) is 96.4 cm³/mol. The molecule has 0 aliphatic carbocycles. The first-order valence-electron chi connectivity index (χ1n) is 8.83. The fourth-order valence-corrected chi connectivity index (χ4v) is 8.26. The molecular formula is C16H35NO3SSi. The Morgan fingerprint density at radius 2 is 1.64 bits per heavy atom. The van der Waals surface area contributed by atoms with Gasteiger partial charge in [-0.15, -0.1) is 0 Å². The third-order valence-electron chi connectivity index (χ3n) is 4.57. The smallest absolute Gasteiger partial charge is 0.214 e. The van der Waals surface area contributed by atoms with Crippen LogP contribution in [0.2, 0.25) is 25.7 Å². The van der Waals surface area contributed by atoms with Crippen molar-refractivity contribution in [1.82, 2.24) is 4.31 Å². The van der Waals surface area contributed by atoms with Gasteiger partial charge in [0.1, 0.15) is 0 Å². The molecule has 1 N–H and O–H groups in total. The Kier molecular flexibility index (Phi) is 8.06. The Morgan fingerprint density at radius 3 is 2.09 bits per heavy atom. The fourth-order valence-electron chi connectivity index (χ4n) is 3.24. The fraction of sp³-hybridized carbons (Fsp3) is 1.00. The van der Waals surface area contributed by atoms with Crippen LogP contribution in [0.1, 0.15) is 51.9 Å². The van der Waals surface area contributed by atoms with Crippen LogP contribution in [-0.4, -0.2) is 50.3 Å². The standard InChI is InChI=1S/C16H35NO3SSi/c1-5-6-8-15-10-11-16(9-7-12-18)17(15)21(19,20)13-14-22(2,3)4/h15-16,18H,5-14H2,1-4H3/t15-,16?/m1/s1. The van der Waals surface area contributed by atoms with Crippen LogP contribution >= 0.6 is 0 Å². The van der Waals surface area contributed by atoms with E-state index in [-0.39, 0.29) is 18.7 Å². The molecule has 1 aliphatic heterocycles. The van der Waals surface area contributed by atoms with Crippen molar-refractivity contribution in [2.75, 3.05) is 12.4 Å². The summed E-state index contributed by atoms with van der Waals surface area (Å²) in [5.41, 5.74) is 0. The average Bonchev–Trinajstić information content (AvgIpc) is 2.84. The number of rotatable bonds is 10. The van der Waals surface area contributed by atoms with Crippen molar-refractivity contribution >= 4 is 18.1 Å². The zero-order valence-corrected chi connectivity index (χ0v) is 16.7. The molecule has 1 rings (SSSR count). The number of aliphatic hydroxyl groups is 1. The highest BCUT2D eigenvalue weighted by atomic mass is 32.2. The minimum absolute atomic E-state index is 0.112. The monoisotopic (exact) mass is 349 g/mol. The van der Waals surface area contributed by atoms with Crippen LogP contribution in [0.3, 0.4) is 0 Å². The summed E-state index contributed by atoms with van der Waals surface area (Å²) in [5, 5.41) is 9.07. The van der Waals surface area contributed by atoms with Gasteiger partial charge in [0.25, 0.3) is 0 Å². The Morgan fingerprint density at radius 1 is 1.09 bits per heavy atom. The molecule has 0 spiro atoms. The van der Waals surface area contributed by atoms with Gasteiger partial charge in [-0.2, -0.15) is 4.31 Å². The maximum Gasteiger partial charge on any atom is 0.214 e. The highest BCUT2D eigenvalue weighted by Gasteiger charge is 2.40. The Balaban J connectivity index is 2.82. The molecule has 0 aromatic carbocycles. The molecule has 1 unspecified atom stereocenters. The lowest BCUT2D eigenvalue weighted by atomic mass is 10.1. The summed E-state index contributed by atoms with van der Waals surface area (Å²) >= 11 is 0. The molecule has 22 heavy (non-hydrogen) atoms. The molecule has 0 aromatic rings. The van der Waals surface area contributed by atoms with E-state index in [4.69, 9.17) is 5.11 Å². The molecule has 0 saturated carbocycles. The Bertz CT molecular complexity index is 404. The maximum atomic E-state index is 12.9. The van der Waals surface area contributed by atoms with Crippen LogP contribution in [0.25, 0.3) is 0 Å². The molecule has 0 radical (unpaired) electrons. The lowest BCUT2D eigenvalue weighted by Gasteiger charge is -2.30. The molecule has 1 aliphatic rings. The van der Waals surface area contributed by atoms with E-state index in [2.05, 4.69) is 26.6 Å². The van der Waals surface area contributed by atoms with E-state index < -0.39 is 18.1 Å². The van der Waals surface area contributed by atoms with Gasteiger partial charge in [0, 0.05) is 26.8 Å². The van der Waals surface area contributed by atoms with Gasteiger partial charge in [0.15, 0.2) is 0 Å². The normalized spacial score (nSPS) is 24.0. The third kappa shape index (κ3) is 6.30. The zero-order valence-electron chi connectivity index (χ0n) is 14.8. The highest BCUT2D eigenvalue weighted by Crippen LogP contribution is 2.33. The first kappa shape index (κ1) is 20.1. The summed E-state index contributed by atoms with van der Waals surface area (Å²) in [6.07, 6.45) is 6.63. The molecule has 2 atom stereocenters. The number of sulfonamides is 1. The second-order valence-electron chi connectivity index (χ2n) is 7.85. The molecule has 4 nitrogen and oxygen atoms in total. The molecule has 1 fully saturated rings. The number of unbranched alkanes of at least 4 members (excludes halogenated alkanes) is 1. The van der Waals surface area contributed by atoms with E-state index in [0.29, 0.717) is 12.2 Å². The summed E-state index contributed by atoms with van der Waals surface area (Å²) in [6, 6.07) is 1.13. The van der Waals surface area contributed by atoms with E-state index in [9.17, 15) is 8.42 Å². The van der Waals surface area contributed by atoms with Gasteiger partial charge in [0.05, 0.1) is 5.75 Å². The Labute approximate surface area is 138 Å².